The standard InChI is InChI=1S/C11H20Si/c1-2-4-10(5-3-1)11-6-8-12-9-7-11/h1,10-12H,2-9H2. The largest absolute Gasteiger partial charge is 0.0618 e. The lowest BCUT2D eigenvalue weighted by Gasteiger charge is -2.32. The fourth-order valence-corrected chi connectivity index (χ4v) is 4.46. The molecule has 2 rings (SSSR count). The van der Waals surface area contributed by atoms with Crippen LogP contribution >= 0.6 is 0 Å². The molecule has 1 saturated heterocycles. The summed E-state index contributed by atoms with van der Waals surface area (Å²) in [5.74, 6) is 2.26. The summed E-state index contributed by atoms with van der Waals surface area (Å²) in [7, 11) is 0.864. The van der Waals surface area contributed by atoms with Crippen molar-refractivity contribution in [2.24, 2.45) is 11.8 Å². The first-order valence-electron chi connectivity index (χ1n) is 5.60. The third kappa shape index (κ3) is 2.12. The minimum absolute atomic E-state index is 0.864. The molecule has 0 atom stereocenters. The number of hydrogen-bond acceptors (Lipinski definition) is 0. The van der Waals surface area contributed by atoms with Gasteiger partial charge < -0.3 is 0 Å². The van der Waals surface area contributed by atoms with E-state index in [1.54, 1.807) is 24.9 Å². The van der Waals surface area contributed by atoms with Crippen molar-refractivity contribution < 1.29 is 0 Å². The van der Waals surface area contributed by atoms with Crippen molar-refractivity contribution in [3.8, 4) is 0 Å². The second-order valence-corrected chi connectivity index (χ2v) is 6.14. The van der Waals surface area contributed by atoms with Crippen LogP contribution in [0.4, 0.5) is 0 Å². The van der Waals surface area contributed by atoms with Gasteiger partial charge in [0.15, 0.2) is 0 Å². The molecule has 1 aliphatic heterocycles. The summed E-state index contributed by atoms with van der Waals surface area (Å²) in [5, 5.41) is 0. The first-order valence-corrected chi connectivity index (χ1v) is 7.23. The van der Waals surface area contributed by atoms with Gasteiger partial charge in [0, 0.05) is 9.52 Å². The van der Waals surface area contributed by atoms with Crippen molar-refractivity contribution in [3.63, 3.8) is 0 Å². The van der Waals surface area contributed by atoms with E-state index >= 15 is 0 Å². The molecule has 0 aromatic heterocycles. The zero-order valence-electron chi connectivity index (χ0n) is 7.97. The van der Waals surface area contributed by atoms with Gasteiger partial charge in [0.25, 0.3) is 0 Å². The van der Waals surface area contributed by atoms with Crippen LogP contribution in [0.2, 0.25) is 12.1 Å². The molecule has 0 unspecified atom stereocenters. The molecule has 1 heterocycles. The molecule has 68 valence electrons. The molecule has 1 saturated carbocycles. The van der Waals surface area contributed by atoms with Gasteiger partial charge in [-0.2, -0.15) is 0 Å². The summed E-state index contributed by atoms with van der Waals surface area (Å²) in [5.41, 5.74) is 0. The van der Waals surface area contributed by atoms with Crippen molar-refractivity contribution in [1.82, 2.24) is 0 Å². The van der Waals surface area contributed by atoms with Gasteiger partial charge in [-0.3, -0.25) is 0 Å². The highest BCUT2D eigenvalue weighted by Crippen LogP contribution is 2.36. The highest BCUT2D eigenvalue weighted by atomic mass is 28.2. The van der Waals surface area contributed by atoms with Crippen LogP contribution in [-0.2, 0) is 0 Å². The van der Waals surface area contributed by atoms with E-state index in [4.69, 9.17) is 0 Å². The highest BCUT2D eigenvalue weighted by Gasteiger charge is 2.24. The first kappa shape index (κ1) is 8.80. The molecule has 1 aliphatic carbocycles. The molecule has 0 N–H and O–H groups in total. The Hall–Kier alpha value is 0.217. The Bertz CT molecular complexity index is 105. The Labute approximate surface area is 79.0 Å². The normalized spacial score (nSPS) is 29.0. The predicted octanol–water partition coefficient (Wildman–Crippen LogP) is 3.06. The van der Waals surface area contributed by atoms with Gasteiger partial charge in [-0.05, 0) is 43.9 Å². The lowest BCUT2D eigenvalue weighted by molar-refractivity contribution is 0.252. The molecule has 0 aromatic carbocycles. The molecule has 12 heavy (non-hydrogen) atoms. The first-order chi connectivity index (χ1) is 5.97. The van der Waals surface area contributed by atoms with Gasteiger partial charge in [0.1, 0.15) is 0 Å². The highest BCUT2D eigenvalue weighted by molar-refractivity contribution is 6.35. The minimum Gasteiger partial charge on any atom is -0.0618 e. The fourth-order valence-electron chi connectivity index (χ4n) is 2.85. The monoisotopic (exact) mass is 180 g/mol. The van der Waals surface area contributed by atoms with Crippen molar-refractivity contribution in [2.45, 2.75) is 50.6 Å². The van der Waals surface area contributed by atoms with Gasteiger partial charge in [0.2, 0.25) is 0 Å². The number of hydrogen-bond donors (Lipinski definition) is 0. The molecule has 0 bridgehead atoms. The van der Waals surface area contributed by atoms with Gasteiger partial charge in [-0.25, -0.2) is 0 Å². The van der Waals surface area contributed by atoms with E-state index in [0.717, 1.165) is 21.4 Å². The van der Waals surface area contributed by atoms with Gasteiger partial charge in [-0.15, -0.1) is 0 Å². The topological polar surface area (TPSA) is 0 Å². The van der Waals surface area contributed by atoms with Crippen LogP contribution in [0.1, 0.15) is 38.5 Å². The van der Waals surface area contributed by atoms with E-state index in [2.05, 4.69) is 6.42 Å². The van der Waals surface area contributed by atoms with Crippen LogP contribution in [0.25, 0.3) is 0 Å². The Morgan fingerprint density at radius 2 is 1.42 bits per heavy atom. The summed E-state index contributed by atoms with van der Waals surface area (Å²) < 4.78 is 0. The summed E-state index contributed by atoms with van der Waals surface area (Å²) in [6, 6.07) is 3.20. The average molecular weight is 180 g/mol. The van der Waals surface area contributed by atoms with Gasteiger partial charge >= 0.3 is 0 Å². The molecular weight excluding hydrogens is 160 g/mol. The van der Waals surface area contributed by atoms with Gasteiger partial charge in [0.05, 0.1) is 0 Å². The summed E-state index contributed by atoms with van der Waals surface area (Å²) >= 11 is 0. The molecule has 0 spiro atoms. The molecule has 2 radical (unpaired) electrons. The zero-order valence-corrected chi connectivity index (χ0v) is 9.12. The summed E-state index contributed by atoms with van der Waals surface area (Å²) in [6.45, 7) is 0. The third-order valence-electron chi connectivity index (χ3n) is 3.63. The Kier molecular flexibility index (Phi) is 3.26. The van der Waals surface area contributed by atoms with Crippen molar-refractivity contribution in [2.75, 3.05) is 0 Å². The predicted molar refractivity (Wildman–Crippen MR) is 55.7 cm³/mol. The maximum absolute atomic E-state index is 2.49. The van der Waals surface area contributed by atoms with Crippen molar-refractivity contribution in [1.29, 1.82) is 0 Å². The molecule has 0 amide bonds. The second kappa shape index (κ2) is 4.45. The Morgan fingerprint density at radius 3 is 2.08 bits per heavy atom. The van der Waals surface area contributed by atoms with Gasteiger partial charge in [-0.1, -0.05) is 24.9 Å². The molecular formula is C11H20Si. The maximum atomic E-state index is 2.49. The fraction of sp³-hybridized carbons (Fsp3) is 0.909. The molecule has 0 aromatic rings. The van der Waals surface area contributed by atoms with Crippen LogP contribution in [-0.4, -0.2) is 9.52 Å². The van der Waals surface area contributed by atoms with Crippen LogP contribution in [0.5, 0.6) is 0 Å². The van der Waals surface area contributed by atoms with E-state index in [1.165, 1.54) is 25.7 Å². The quantitative estimate of drug-likeness (QED) is 0.544. The average Bonchev–Trinajstić information content (AvgIpc) is 2.21. The van der Waals surface area contributed by atoms with Crippen molar-refractivity contribution >= 4 is 9.52 Å². The van der Waals surface area contributed by atoms with E-state index < -0.39 is 0 Å². The zero-order chi connectivity index (χ0) is 8.23. The maximum Gasteiger partial charge on any atom is 0.0280 e. The second-order valence-electron chi connectivity index (χ2n) is 4.41. The SMILES string of the molecule is [CH]1CCC(C2CC[SiH]CC2)CC1. The van der Waals surface area contributed by atoms with Crippen LogP contribution in [0.15, 0.2) is 0 Å². The smallest absolute Gasteiger partial charge is 0.0280 e. The van der Waals surface area contributed by atoms with Crippen LogP contribution in [0.3, 0.4) is 0 Å². The minimum atomic E-state index is 0.864. The molecule has 2 fully saturated rings. The Balaban J connectivity index is 1.80. The third-order valence-corrected chi connectivity index (χ3v) is 5.12. The van der Waals surface area contributed by atoms with E-state index in [0.29, 0.717) is 0 Å². The lowest BCUT2D eigenvalue weighted by atomic mass is 9.77. The molecule has 0 nitrogen and oxygen atoms in total. The number of rotatable bonds is 1. The van der Waals surface area contributed by atoms with Crippen LogP contribution in [0, 0.1) is 18.3 Å². The summed E-state index contributed by atoms with van der Waals surface area (Å²) in [6.07, 6.45) is 11.5. The van der Waals surface area contributed by atoms with Crippen molar-refractivity contribution in [3.05, 3.63) is 6.42 Å². The molecule has 1 heteroatoms. The Morgan fingerprint density at radius 1 is 0.833 bits per heavy atom. The van der Waals surface area contributed by atoms with Crippen LogP contribution < -0.4 is 0 Å². The van der Waals surface area contributed by atoms with E-state index in [1.807, 2.05) is 0 Å². The van der Waals surface area contributed by atoms with E-state index in [9.17, 15) is 0 Å². The van der Waals surface area contributed by atoms with E-state index in [-0.39, 0.29) is 0 Å². The molecule has 2 aliphatic rings. The lowest BCUT2D eigenvalue weighted by Crippen LogP contribution is -2.21. The summed E-state index contributed by atoms with van der Waals surface area (Å²) in [4.78, 5) is 0.